The second-order valence-corrected chi connectivity index (χ2v) is 2.82. The lowest BCUT2D eigenvalue weighted by Gasteiger charge is -1.91. The average molecular weight is 206 g/mol. The molecule has 0 N–H and O–H groups in total. The Morgan fingerprint density at radius 3 is 2.27 bits per heavy atom. The van der Waals surface area contributed by atoms with Crippen molar-refractivity contribution in [2.75, 3.05) is 0 Å². The number of aromatic nitrogens is 2. The molecule has 0 aliphatic heterocycles. The molecular weight excluding hydrogens is 184 g/mol. The highest BCUT2D eigenvalue weighted by Gasteiger charge is 1.99. The molecule has 2 aromatic rings. The van der Waals surface area contributed by atoms with E-state index in [0.717, 1.165) is 0 Å². The van der Waals surface area contributed by atoms with E-state index in [4.69, 9.17) is 0 Å². The molecule has 0 aliphatic carbocycles. The van der Waals surface area contributed by atoms with Crippen molar-refractivity contribution in [3.8, 4) is 0 Å². The van der Waals surface area contributed by atoms with E-state index < -0.39 is 0 Å². The van der Waals surface area contributed by atoms with E-state index in [1.54, 1.807) is 0 Å². The lowest BCUT2D eigenvalue weighted by atomic mass is 10.2. The van der Waals surface area contributed by atoms with Crippen LogP contribution in [0.25, 0.3) is 10.9 Å². The third-order valence-corrected chi connectivity index (χ3v) is 1.99. The summed E-state index contributed by atoms with van der Waals surface area (Å²) in [6.45, 7) is 10.1. The van der Waals surface area contributed by atoms with Gasteiger partial charge in [0.15, 0.2) is 0 Å². The van der Waals surface area contributed by atoms with Gasteiger partial charge >= 0.3 is 0 Å². The molecule has 2 heteroatoms. The summed E-state index contributed by atoms with van der Waals surface area (Å²) in [5.41, 5.74) is 2.51. The van der Waals surface area contributed by atoms with E-state index in [-0.39, 0.29) is 0 Å². The van der Waals surface area contributed by atoms with E-state index in [0.29, 0.717) is 0 Å². The maximum atomic E-state index is 4.07. The van der Waals surface area contributed by atoms with Gasteiger partial charge in [0.25, 0.3) is 0 Å². The van der Waals surface area contributed by atoms with Gasteiger partial charge in [-0.1, -0.05) is 27.7 Å². The largest absolute Gasteiger partial charge is 0.349 e. The highest BCUT2D eigenvalue weighted by molar-refractivity contribution is 5.82. The smallest absolute Gasteiger partial charge is 0.0666 e. The van der Waals surface area contributed by atoms with Crippen LogP contribution >= 0.6 is 0 Å². The lowest BCUT2D eigenvalue weighted by Crippen LogP contribution is -1.83. The van der Waals surface area contributed by atoms with E-state index in [1.807, 2.05) is 53.2 Å². The van der Waals surface area contributed by atoms with Gasteiger partial charge in [-0.2, -0.15) is 0 Å². The Morgan fingerprint density at radius 2 is 1.73 bits per heavy atom. The first kappa shape index (κ1) is 13.7. The van der Waals surface area contributed by atoms with Crippen molar-refractivity contribution >= 4 is 10.9 Å². The second-order valence-electron chi connectivity index (χ2n) is 2.82. The average Bonchev–Trinajstić information content (AvgIpc) is 2.61. The first-order valence-corrected chi connectivity index (χ1v) is 5.64. The highest BCUT2D eigenvalue weighted by Crippen LogP contribution is 2.17. The summed E-state index contributed by atoms with van der Waals surface area (Å²) in [7, 11) is 2.04. The fourth-order valence-corrected chi connectivity index (χ4v) is 1.43. The molecule has 0 atom stereocenters. The molecule has 0 amide bonds. The van der Waals surface area contributed by atoms with Crippen LogP contribution in [0.1, 0.15) is 33.3 Å². The molecule has 84 valence electrons. The predicted molar refractivity (Wildman–Crippen MR) is 68.1 cm³/mol. The Labute approximate surface area is 93.0 Å². The van der Waals surface area contributed by atoms with Gasteiger partial charge in [-0.05, 0) is 18.6 Å². The van der Waals surface area contributed by atoms with Crippen molar-refractivity contribution in [3.63, 3.8) is 0 Å². The third-order valence-electron chi connectivity index (χ3n) is 1.99. The number of hydrogen-bond donors (Lipinski definition) is 0. The number of aryl methyl sites for hydroxylation is 2. The van der Waals surface area contributed by atoms with Crippen molar-refractivity contribution in [2.24, 2.45) is 7.05 Å². The van der Waals surface area contributed by atoms with Gasteiger partial charge in [-0.25, -0.2) is 0 Å². The van der Waals surface area contributed by atoms with Crippen molar-refractivity contribution in [1.82, 2.24) is 9.55 Å². The number of rotatable bonds is 0. The summed E-state index contributed by atoms with van der Waals surface area (Å²) in [5, 5.41) is 1.29. The summed E-state index contributed by atoms with van der Waals surface area (Å²) < 4.78 is 2.09. The van der Waals surface area contributed by atoms with Crippen molar-refractivity contribution in [2.45, 2.75) is 34.6 Å². The van der Waals surface area contributed by atoms with Gasteiger partial charge in [-0.3, -0.25) is 4.98 Å². The van der Waals surface area contributed by atoms with Crippen LogP contribution in [0.3, 0.4) is 0 Å². The van der Waals surface area contributed by atoms with Crippen LogP contribution in [-0.4, -0.2) is 9.55 Å². The fraction of sp³-hybridized carbons (Fsp3) is 0.462. The monoisotopic (exact) mass is 206 g/mol. The molecule has 0 spiro atoms. The number of hydrogen-bond acceptors (Lipinski definition) is 1. The minimum atomic E-state index is 1.20. The van der Waals surface area contributed by atoms with Gasteiger partial charge in [-0.15, -0.1) is 0 Å². The normalized spacial score (nSPS) is 8.67. The zero-order chi connectivity index (χ0) is 11.8. The summed E-state index contributed by atoms with van der Waals surface area (Å²) >= 11 is 0. The minimum absolute atomic E-state index is 1.20. The Balaban J connectivity index is 0.000000442. The first-order valence-electron chi connectivity index (χ1n) is 5.64. The van der Waals surface area contributed by atoms with Gasteiger partial charge in [0.1, 0.15) is 0 Å². The molecule has 2 aromatic heterocycles. The summed E-state index contributed by atoms with van der Waals surface area (Å²) in [4.78, 5) is 4.07. The van der Waals surface area contributed by atoms with Crippen molar-refractivity contribution in [3.05, 3.63) is 30.2 Å². The Hall–Kier alpha value is -1.31. The first-order chi connectivity index (χ1) is 7.29. The van der Waals surface area contributed by atoms with Gasteiger partial charge in [0.05, 0.1) is 11.7 Å². The standard InChI is InChI=1S/C9H10N2.2C2H6/c1-7-6-11(2)9-5-10-4-3-8(7)9;2*1-2/h3-6H,1-2H3;2*1-2H3. The highest BCUT2D eigenvalue weighted by atomic mass is 14.9. The maximum Gasteiger partial charge on any atom is 0.0666 e. The maximum absolute atomic E-state index is 4.07. The molecule has 0 radical (unpaired) electrons. The molecule has 0 saturated carbocycles. The molecule has 0 aliphatic rings. The number of nitrogens with zero attached hydrogens (tertiary/aromatic N) is 2. The molecule has 0 saturated heterocycles. The lowest BCUT2D eigenvalue weighted by molar-refractivity contribution is 0.960. The summed E-state index contributed by atoms with van der Waals surface area (Å²) in [6.07, 6.45) is 5.84. The fourth-order valence-electron chi connectivity index (χ4n) is 1.43. The van der Waals surface area contributed by atoms with E-state index >= 15 is 0 Å². The minimum Gasteiger partial charge on any atom is -0.349 e. The van der Waals surface area contributed by atoms with Crippen LogP contribution in [-0.2, 0) is 7.05 Å². The van der Waals surface area contributed by atoms with Crippen molar-refractivity contribution in [1.29, 1.82) is 0 Å². The number of pyridine rings is 1. The molecule has 0 unspecified atom stereocenters. The molecular formula is C13H22N2. The topological polar surface area (TPSA) is 17.8 Å². The van der Waals surface area contributed by atoms with Crippen LogP contribution in [0.2, 0.25) is 0 Å². The van der Waals surface area contributed by atoms with E-state index in [1.165, 1.54) is 16.5 Å². The molecule has 15 heavy (non-hydrogen) atoms. The van der Waals surface area contributed by atoms with Gasteiger partial charge < -0.3 is 4.57 Å². The molecule has 2 heterocycles. The zero-order valence-electron chi connectivity index (χ0n) is 10.7. The van der Waals surface area contributed by atoms with Crippen LogP contribution < -0.4 is 0 Å². The zero-order valence-corrected chi connectivity index (χ0v) is 10.7. The molecule has 0 fully saturated rings. The van der Waals surface area contributed by atoms with Gasteiger partial charge in [0, 0.05) is 24.8 Å². The third kappa shape index (κ3) is 3.08. The Morgan fingerprint density at radius 1 is 1.13 bits per heavy atom. The van der Waals surface area contributed by atoms with Crippen LogP contribution in [0.15, 0.2) is 24.7 Å². The molecule has 0 aromatic carbocycles. The van der Waals surface area contributed by atoms with Crippen LogP contribution in [0.4, 0.5) is 0 Å². The van der Waals surface area contributed by atoms with Crippen LogP contribution in [0, 0.1) is 6.92 Å². The van der Waals surface area contributed by atoms with Crippen molar-refractivity contribution < 1.29 is 0 Å². The van der Waals surface area contributed by atoms with E-state index in [2.05, 4.69) is 22.7 Å². The van der Waals surface area contributed by atoms with Crippen LogP contribution in [0.5, 0.6) is 0 Å². The van der Waals surface area contributed by atoms with E-state index in [9.17, 15) is 0 Å². The SMILES string of the molecule is CC.CC.Cc1cn(C)c2cnccc12. The predicted octanol–water partition coefficient (Wildman–Crippen LogP) is 3.93. The quantitative estimate of drug-likeness (QED) is 0.638. The Kier molecular flexibility index (Phi) is 6.43. The number of fused-ring (bicyclic) bond motifs is 1. The van der Waals surface area contributed by atoms with Gasteiger partial charge in [0.2, 0.25) is 0 Å². The molecule has 0 bridgehead atoms. The summed E-state index contributed by atoms with van der Waals surface area (Å²) in [6, 6.07) is 2.05. The Bertz CT molecular complexity index is 352. The molecule has 2 rings (SSSR count). The second kappa shape index (κ2) is 7.04. The summed E-state index contributed by atoms with van der Waals surface area (Å²) in [5.74, 6) is 0. The molecule has 2 nitrogen and oxygen atoms in total.